The molecule has 6 nitrogen and oxygen atoms in total. The van der Waals surface area contributed by atoms with Gasteiger partial charge in [-0.2, -0.15) is 4.31 Å². The third-order valence-corrected chi connectivity index (χ3v) is 4.65. The van der Waals surface area contributed by atoms with Crippen LogP contribution >= 0.6 is 0 Å². The first-order chi connectivity index (χ1) is 8.71. The van der Waals surface area contributed by atoms with Crippen LogP contribution in [0.3, 0.4) is 0 Å². The molecule has 0 unspecified atom stereocenters. The molecule has 0 atom stereocenters. The van der Waals surface area contributed by atoms with E-state index in [-0.39, 0.29) is 23.9 Å². The van der Waals surface area contributed by atoms with Gasteiger partial charge in [-0.25, -0.2) is 8.42 Å². The van der Waals surface area contributed by atoms with Gasteiger partial charge < -0.3 is 10.4 Å². The third kappa shape index (κ3) is 2.94. The molecule has 0 saturated carbocycles. The minimum Gasteiger partial charge on any atom is -0.387 e. The van der Waals surface area contributed by atoms with Gasteiger partial charge >= 0.3 is 0 Å². The maximum Gasteiger partial charge on any atom is 0.243 e. The number of β-amino-alcohol motifs (C(OH)–C–C–N with tert-alkyl or cyclic N) is 1. The summed E-state index contributed by atoms with van der Waals surface area (Å²) >= 11 is 0. The van der Waals surface area contributed by atoms with E-state index in [2.05, 4.69) is 5.32 Å². The molecule has 1 saturated heterocycles. The lowest BCUT2D eigenvalue weighted by atomic mass is 10.0. The lowest BCUT2D eigenvalue weighted by Gasteiger charge is -2.42. The highest BCUT2D eigenvalue weighted by atomic mass is 32.2. The molecule has 2 N–H and O–H groups in total. The number of aliphatic hydroxyl groups is 1. The van der Waals surface area contributed by atoms with Crippen LogP contribution in [-0.2, 0) is 14.8 Å². The average Bonchev–Trinajstić information content (AvgIpc) is 2.25. The number of nitrogens with zero attached hydrogens (tertiary/aromatic N) is 1. The number of sulfonamides is 1. The molecule has 7 heteroatoms. The number of anilines is 1. The molecule has 2 rings (SSSR count). The number of nitrogens with one attached hydrogen (secondary N) is 1. The van der Waals surface area contributed by atoms with E-state index in [0.717, 1.165) is 0 Å². The van der Waals surface area contributed by atoms with Crippen molar-refractivity contribution in [2.45, 2.75) is 24.3 Å². The second-order valence-corrected chi connectivity index (χ2v) is 6.91. The van der Waals surface area contributed by atoms with Crippen molar-refractivity contribution < 1.29 is 18.3 Å². The standard InChI is InChI=1S/C12H16N2O4S/c1-9(15)13-10-3-5-11(6-4-10)19(17,18)14-7-12(2,16)8-14/h3-6,16H,7-8H2,1-2H3,(H,13,15). The van der Waals surface area contributed by atoms with Crippen molar-refractivity contribution in [1.82, 2.24) is 4.31 Å². The highest BCUT2D eigenvalue weighted by Crippen LogP contribution is 2.28. The zero-order chi connectivity index (χ0) is 14.3. The molecule has 0 bridgehead atoms. The zero-order valence-corrected chi connectivity index (χ0v) is 11.6. The maximum atomic E-state index is 12.2. The monoisotopic (exact) mass is 284 g/mol. The summed E-state index contributed by atoms with van der Waals surface area (Å²) in [6, 6.07) is 5.94. The molecule has 1 fully saturated rings. The van der Waals surface area contributed by atoms with Crippen molar-refractivity contribution >= 4 is 21.6 Å². The van der Waals surface area contributed by atoms with Crippen molar-refractivity contribution in [2.24, 2.45) is 0 Å². The van der Waals surface area contributed by atoms with Crippen LogP contribution in [0.15, 0.2) is 29.2 Å². The van der Waals surface area contributed by atoms with Crippen LogP contribution < -0.4 is 5.32 Å². The molecule has 1 aliphatic heterocycles. The van der Waals surface area contributed by atoms with Gasteiger partial charge in [-0.3, -0.25) is 4.79 Å². The Labute approximate surface area is 112 Å². The van der Waals surface area contributed by atoms with Gasteiger partial charge in [0.25, 0.3) is 0 Å². The summed E-state index contributed by atoms with van der Waals surface area (Å²) in [6.45, 7) is 3.18. The number of hydrogen-bond donors (Lipinski definition) is 2. The minimum absolute atomic E-state index is 0.1000. The van der Waals surface area contributed by atoms with E-state index in [4.69, 9.17) is 0 Å². The van der Waals surface area contributed by atoms with Gasteiger partial charge in [-0.15, -0.1) is 0 Å². The number of carbonyl (C=O) groups is 1. The smallest absolute Gasteiger partial charge is 0.243 e. The molecule has 1 aromatic carbocycles. The third-order valence-electron chi connectivity index (χ3n) is 2.85. The van der Waals surface area contributed by atoms with E-state index in [0.29, 0.717) is 5.69 Å². The Morgan fingerprint density at radius 3 is 2.26 bits per heavy atom. The van der Waals surface area contributed by atoms with E-state index in [9.17, 15) is 18.3 Å². The second kappa shape index (κ2) is 4.59. The number of carbonyl (C=O) groups excluding carboxylic acids is 1. The van der Waals surface area contributed by atoms with Crippen LogP contribution in [0.5, 0.6) is 0 Å². The summed E-state index contributed by atoms with van der Waals surface area (Å²) in [4.78, 5) is 11.0. The fourth-order valence-electron chi connectivity index (χ4n) is 1.95. The van der Waals surface area contributed by atoms with Crippen LogP contribution in [0.25, 0.3) is 0 Å². The van der Waals surface area contributed by atoms with E-state index < -0.39 is 15.6 Å². The first-order valence-electron chi connectivity index (χ1n) is 5.81. The molecule has 0 radical (unpaired) electrons. The topological polar surface area (TPSA) is 86.7 Å². The van der Waals surface area contributed by atoms with E-state index in [1.807, 2.05) is 0 Å². The summed E-state index contributed by atoms with van der Waals surface area (Å²) < 4.78 is 25.5. The Hall–Kier alpha value is -1.44. The van der Waals surface area contributed by atoms with E-state index >= 15 is 0 Å². The van der Waals surface area contributed by atoms with Crippen molar-refractivity contribution in [2.75, 3.05) is 18.4 Å². The normalized spacial score (nSPS) is 18.7. The fraction of sp³-hybridized carbons (Fsp3) is 0.417. The molecule has 1 aliphatic rings. The van der Waals surface area contributed by atoms with Crippen LogP contribution in [-0.4, -0.2) is 42.4 Å². The number of benzene rings is 1. The van der Waals surface area contributed by atoms with Gasteiger partial charge in [0.15, 0.2) is 0 Å². The predicted molar refractivity (Wildman–Crippen MR) is 70.1 cm³/mol. The molecule has 0 aliphatic carbocycles. The summed E-state index contributed by atoms with van der Waals surface area (Å²) in [5.41, 5.74) is -0.398. The van der Waals surface area contributed by atoms with Crippen LogP contribution in [0, 0.1) is 0 Å². The van der Waals surface area contributed by atoms with Crippen molar-refractivity contribution in [1.29, 1.82) is 0 Å². The highest BCUT2D eigenvalue weighted by molar-refractivity contribution is 7.89. The summed E-state index contributed by atoms with van der Waals surface area (Å²) in [6.07, 6.45) is 0. The zero-order valence-electron chi connectivity index (χ0n) is 10.8. The first kappa shape index (κ1) is 14.0. The van der Waals surface area contributed by atoms with Crippen LogP contribution in [0.4, 0.5) is 5.69 Å². The predicted octanol–water partition coefficient (Wildman–Crippen LogP) is 0.400. The van der Waals surface area contributed by atoms with Gasteiger partial charge in [0.1, 0.15) is 0 Å². The molecule has 19 heavy (non-hydrogen) atoms. The SMILES string of the molecule is CC(=O)Nc1ccc(S(=O)(=O)N2CC(C)(O)C2)cc1. The summed E-state index contributed by atoms with van der Waals surface area (Å²) in [5.74, 6) is -0.214. The number of amides is 1. The first-order valence-corrected chi connectivity index (χ1v) is 7.25. The quantitative estimate of drug-likeness (QED) is 0.841. The van der Waals surface area contributed by atoms with Gasteiger partial charge in [0.2, 0.25) is 15.9 Å². The molecule has 0 spiro atoms. The molecule has 1 aromatic rings. The maximum absolute atomic E-state index is 12.2. The average molecular weight is 284 g/mol. The highest BCUT2D eigenvalue weighted by Gasteiger charge is 2.43. The Balaban J connectivity index is 2.16. The van der Waals surface area contributed by atoms with Crippen LogP contribution in [0.2, 0.25) is 0 Å². The summed E-state index contributed by atoms with van der Waals surface area (Å²) in [7, 11) is -3.56. The van der Waals surface area contributed by atoms with Crippen LogP contribution in [0.1, 0.15) is 13.8 Å². The fourth-order valence-corrected chi connectivity index (χ4v) is 3.62. The Morgan fingerprint density at radius 2 is 1.84 bits per heavy atom. The minimum atomic E-state index is -3.56. The largest absolute Gasteiger partial charge is 0.387 e. The Kier molecular flexibility index (Phi) is 3.38. The Bertz CT molecular complexity index is 585. The molecular weight excluding hydrogens is 268 g/mol. The van der Waals surface area contributed by atoms with Crippen molar-refractivity contribution in [3.63, 3.8) is 0 Å². The second-order valence-electron chi connectivity index (χ2n) is 4.98. The Morgan fingerprint density at radius 1 is 1.32 bits per heavy atom. The van der Waals surface area contributed by atoms with E-state index in [1.165, 1.54) is 35.5 Å². The van der Waals surface area contributed by atoms with Crippen molar-refractivity contribution in [3.05, 3.63) is 24.3 Å². The molecule has 1 heterocycles. The van der Waals surface area contributed by atoms with E-state index in [1.54, 1.807) is 6.92 Å². The molecular formula is C12H16N2O4S. The lowest BCUT2D eigenvalue weighted by Crippen LogP contribution is -2.61. The van der Waals surface area contributed by atoms with Gasteiger partial charge in [0, 0.05) is 25.7 Å². The molecule has 104 valence electrons. The summed E-state index contributed by atoms with van der Waals surface area (Å²) in [5, 5.41) is 12.1. The molecule has 1 amide bonds. The van der Waals surface area contributed by atoms with Gasteiger partial charge in [-0.05, 0) is 31.2 Å². The lowest BCUT2D eigenvalue weighted by molar-refractivity contribution is -0.114. The van der Waals surface area contributed by atoms with Gasteiger partial charge in [0.05, 0.1) is 10.5 Å². The van der Waals surface area contributed by atoms with Crippen molar-refractivity contribution in [3.8, 4) is 0 Å². The number of rotatable bonds is 3. The number of hydrogen-bond acceptors (Lipinski definition) is 4. The molecule has 0 aromatic heterocycles. The van der Waals surface area contributed by atoms with Gasteiger partial charge in [-0.1, -0.05) is 0 Å².